The number of rotatable bonds is 6. The molecule has 2 heterocycles. The minimum absolute atomic E-state index is 0.663. The van der Waals surface area contributed by atoms with Crippen LogP contribution in [0.2, 0.25) is 0 Å². The van der Waals surface area contributed by atoms with Crippen LogP contribution in [-0.2, 0) is 6.54 Å². The van der Waals surface area contributed by atoms with Crippen LogP contribution in [0.15, 0.2) is 18.5 Å². The van der Waals surface area contributed by atoms with Crippen molar-refractivity contribution in [3.05, 3.63) is 29.6 Å². The number of nitrogens with zero attached hydrogens (tertiary/aromatic N) is 3. The fourth-order valence-corrected chi connectivity index (χ4v) is 3.31. The van der Waals surface area contributed by atoms with E-state index in [2.05, 4.69) is 34.7 Å². The molecule has 1 aromatic rings. The van der Waals surface area contributed by atoms with Gasteiger partial charge in [0.1, 0.15) is 0 Å². The van der Waals surface area contributed by atoms with Crippen molar-refractivity contribution in [3.63, 3.8) is 0 Å². The smallest absolute Gasteiger partial charge is 0.0313 e. The van der Waals surface area contributed by atoms with E-state index in [9.17, 15) is 0 Å². The Kier molecular flexibility index (Phi) is 6.61. The Labute approximate surface area is 129 Å². The topological polar surface area (TPSA) is 45.4 Å². The quantitative estimate of drug-likeness (QED) is 0.871. The molecule has 1 unspecified atom stereocenters. The lowest BCUT2D eigenvalue weighted by Gasteiger charge is -2.29. The van der Waals surface area contributed by atoms with Gasteiger partial charge in [0.25, 0.3) is 0 Å². The van der Waals surface area contributed by atoms with Crippen LogP contribution >= 0.6 is 0 Å². The molecule has 0 bridgehead atoms. The Morgan fingerprint density at radius 2 is 2.10 bits per heavy atom. The molecule has 0 radical (unpaired) electrons. The van der Waals surface area contributed by atoms with Gasteiger partial charge in [0.05, 0.1) is 0 Å². The van der Waals surface area contributed by atoms with Crippen molar-refractivity contribution in [2.45, 2.75) is 45.7 Å². The minimum atomic E-state index is 0.663. The second-order valence-corrected chi connectivity index (χ2v) is 6.18. The second-order valence-electron chi connectivity index (χ2n) is 6.18. The first-order valence-electron chi connectivity index (χ1n) is 8.30. The summed E-state index contributed by atoms with van der Waals surface area (Å²) in [4.78, 5) is 9.50. The highest BCUT2D eigenvalue weighted by Crippen LogP contribution is 2.14. The summed E-state index contributed by atoms with van der Waals surface area (Å²) in [6, 6.07) is 2.91. The SMILES string of the molecule is CCC(CCN)N1CCCN(Cc2cncc(C)c2)CC1. The van der Waals surface area contributed by atoms with E-state index >= 15 is 0 Å². The molecule has 4 nitrogen and oxygen atoms in total. The maximum absolute atomic E-state index is 5.75. The molecule has 0 amide bonds. The number of aromatic nitrogens is 1. The summed E-state index contributed by atoms with van der Waals surface area (Å²) in [5, 5.41) is 0. The minimum Gasteiger partial charge on any atom is -0.330 e. The van der Waals surface area contributed by atoms with E-state index in [-0.39, 0.29) is 0 Å². The van der Waals surface area contributed by atoms with Crippen LogP contribution in [0.25, 0.3) is 0 Å². The summed E-state index contributed by atoms with van der Waals surface area (Å²) in [7, 11) is 0. The molecule has 0 aliphatic carbocycles. The molecule has 118 valence electrons. The maximum atomic E-state index is 5.75. The van der Waals surface area contributed by atoms with Gasteiger partial charge in [-0.2, -0.15) is 0 Å². The van der Waals surface area contributed by atoms with Gasteiger partial charge < -0.3 is 5.73 Å². The third-order valence-electron chi connectivity index (χ3n) is 4.45. The molecule has 1 saturated heterocycles. The van der Waals surface area contributed by atoms with Crippen molar-refractivity contribution in [1.82, 2.24) is 14.8 Å². The average molecular weight is 290 g/mol. The van der Waals surface area contributed by atoms with Gasteiger partial charge in [-0.1, -0.05) is 13.0 Å². The van der Waals surface area contributed by atoms with Gasteiger partial charge in [-0.25, -0.2) is 0 Å². The molecule has 0 aromatic carbocycles. The summed E-state index contributed by atoms with van der Waals surface area (Å²) in [5.41, 5.74) is 8.33. The normalized spacial score (nSPS) is 19.4. The molecular weight excluding hydrogens is 260 g/mol. The highest BCUT2D eigenvalue weighted by Gasteiger charge is 2.20. The average Bonchev–Trinajstić information content (AvgIpc) is 2.70. The lowest BCUT2D eigenvalue weighted by atomic mass is 10.1. The zero-order valence-electron chi connectivity index (χ0n) is 13.6. The summed E-state index contributed by atoms with van der Waals surface area (Å²) in [6.07, 6.45) is 7.50. The molecule has 21 heavy (non-hydrogen) atoms. The first kappa shape index (κ1) is 16.4. The second kappa shape index (κ2) is 8.47. The van der Waals surface area contributed by atoms with Crippen LogP contribution < -0.4 is 5.73 Å². The molecule has 1 aliphatic rings. The molecule has 4 heteroatoms. The summed E-state index contributed by atoms with van der Waals surface area (Å²) >= 11 is 0. The summed E-state index contributed by atoms with van der Waals surface area (Å²) in [5.74, 6) is 0. The van der Waals surface area contributed by atoms with Gasteiger partial charge in [0.15, 0.2) is 0 Å². The van der Waals surface area contributed by atoms with Crippen LogP contribution in [0.5, 0.6) is 0 Å². The first-order chi connectivity index (χ1) is 10.2. The van der Waals surface area contributed by atoms with Crippen molar-refractivity contribution in [2.24, 2.45) is 5.73 Å². The van der Waals surface area contributed by atoms with Gasteiger partial charge in [-0.05, 0) is 56.9 Å². The van der Waals surface area contributed by atoms with E-state index < -0.39 is 0 Å². The summed E-state index contributed by atoms with van der Waals surface area (Å²) < 4.78 is 0. The van der Waals surface area contributed by atoms with E-state index in [4.69, 9.17) is 5.73 Å². The fourth-order valence-electron chi connectivity index (χ4n) is 3.31. The van der Waals surface area contributed by atoms with Crippen molar-refractivity contribution < 1.29 is 0 Å². The molecule has 2 N–H and O–H groups in total. The molecule has 1 fully saturated rings. The predicted octanol–water partition coefficient (Wildman–Crippen LogP) is 2.03. The highest BCUT2D eigenvalue weighted by atomic mass is 15.2. The Balaban J connectivity index is 1.88. The monoisotopic (exact) mass is 290 g/mol. The van der Waals surface area contributed by atoms with Crippen LogP contribution in [0.4, 0.5) is 0 Å². The van der Waals surface area contributed by atoms with Crippen LogP contribution in [0.3, 0.4) is 0 Å². The molecule has 2 rings (SSSR count). The fraction of sp³-hybridized carbons (Fsp3) is 0.706. The number of pyridine rings is 1. The van der Waals surface area contributed by atoms with E-state index in [1.807, 2.05) is 12.4 Å². The predicted molar refractivity (Wildman–Crippen MR) is 88.2 cm³/mol. The van der Waals surface area contributed by atoms with Crippen LogP contribution in [-0.4, -0.2) is 53.5 Å². The van der Waals surface area contributed by atoms with E-state index in [0.29, 0.717) is 6.04 Å². The van der Waals surface area contributed by atoms with E-state index in [0.717, 1.165) is 32.6 Å². The molecule has 0 spiro atoms. The Morgan fingerprint density at radius 3 is 2.81 bits per heavy atom. The van der Waals surface area contributed by atoms with E-state index in [1.54, 1.807) is 0 Å². The van der Waals surface area contributed by atoms with Crippen LogP contribution in [0, 0.1) is 6.92 Å². The van der Waals surface area contributed by atoms with Gasteiger partial charge in [0.2, 0.25) is 0 Å². The zero-order chi connectivity index (χ0) is 15.1. The molecule has 1 atom stereocenters. The lowest BCUT2D eigenvalue weighted by Crippen LogP contribution is -2.39. The van der Waals surface area contributed by atoms with Crippen molar-refractivity contribution in [3.8, 4) is 0 Å². The van der Waals surface area contributed by atoms with Crippen molar-refractivity contribution >= 4 is 0 Å². The number of hydrogen-bond donors (Lipinski definition) is 1. The standard InChI is InChI=1S/C17H30N4/c1-3-17(5-6-18)21-8-4-7-20(9-10-21)14-16-11-15(2)12-19-13-16/h11-13,17H,3-10,14,18H2,1-2H3. The zero-order valence-corrected chi connectivity index (χ0v) is 13.6. The first-order valence-corrected chi connectivity index (χ1v) is 8.30. The van der Waals surface area contributed by atoms with Gasteiger partial charge >= 0.3 is 0 Å². The van der Waals surface area contributed by atoms with Crippen molar-refractivity contribution in [2.75, 3.05) is 32.7 Å². The highest BCUT2D eigenvalue weighted by molar-refractivity contribution is 5.16. The van der Waals surface area contributed by atoms with E-state index in [1.165, 1.54) is 37.1 Å². The number of nitrogens with two attached hydrogens (primary N) is 1. The third kappa shape index (κ3) is 5.06. The van der Waals surface area contributed by atoms with Crippen molar-refractivity contribution in [1.29, 1.82) is 0 Å². The molecular formula is C17H30N4. The third-order valence-corrected chi connectivity index (χ3v) is 4.45. The largest absolute Gasteiger partial charge is 0.330 e. The van der Waals surface area contributed by atoms with Gasteiger partial charge in [-0.15, -0.1) is 0 Å². The van der Waals surface area contributed by atoms with Gasteiger partial charge in [-0.3, -0.25) is 14.8 Å². The van der Waals surface area contributed by atoms with Gasteiger partial charge in [0, 0.05) is 38.1 Å². The Bertz CT molecular complexity index is 421. The van der Waals surface area contributed by atoms with Crippen LogP contribution in [0.1, 0.15) is 37.3 Å². The summed E-state index contributed by atoms with van der Waals surface area (Å²) in [6.45, 7) is 10.9. The molecule has 1 aliphatic heterocycles. The Hall–Kier alpha value is -0.970. The lowest BCUT2D eigenvalue weighted by molar-refractivity contribution is 0.184. The number of aryl methyl sites for hydroxylation is 1. The Morgan fingerprint density at radius 1 is 1.24 bits per heavy atom. The molecule has 1 aromatic heterocycles. The molecule has 0 saturated carbocycles. The number of hydrogen-bond acceptors (Lipinski definition) is 4. The maximum Gasteiger partial charge on any atom is 0.0313 e.